The Kier molecular flexibility index (Phi) is 4.48. The van der Waals surface area contributed by atoms with Gasteiger partial charge < -0.3 is 4.42 Å². The zero-order valence-electron chi connectivity index (χ0n) is 17.4. The van der Waals surface area contributed by atoms with Crippen molar-refractivity contribution < 1.29 is 8.98 Å². The quantitative estimate of drug-likeness (QED) is 0.343. The lowest BCUT2D eigenvalue weighted by atomic mass is 9.94. The summed E-state index contributed by atoms with van der Waals surface area (Å²) in [5.41, 5.74) is 9.12. The van der Waals surface area contributed by atoms with Crippen LogP contribution < -0.4 is 4.57 Å². The first kappa shape index (κ1) is 18.4. The van der Waals surface area contributed by atoms with Crippen molar-refractivity contribution in [2.45, 2.75) is 13.3 Å². The second-order valence-electron chi connectivity index (χ2n) is 7.89. The van der Waals surface area contributed by atoms with Gasteiger partial charge >= 0.3 is 0 Å². The fourth-order valence-corrected chi connectivity index (χ4v) is 4.23. The standard InChI is InChI=1S/C28H24NO/c1-19-11-14-21-8-4-5-9-22(21)18-24-23-15-13-20(2)27(25-10-6-7-17-29(25)3)28(23)30-26(24)16-12-19/h4-17H,1,18H2,2-3H3/q+1/b14-11-,16-12-. The molecule has 0 spiro atoms. The van der Waals surface area contributed by atoms with Gasteiger partial charge in [-0.3, -0.25) is 0 Å². The van der Waals surface area contributed by atoms with Crippen LogP contribution in [0.5, 0.6) is 0 Å². The Bertz CT molecular complexity index is 1350. The van der Waals surface area contributed by atoms with Crippen molar-refractivity contribution in [2.75, 3.05) is 0 Å². The van der Waals surface area contributed by atoms with E-state index in [1.54, 1.807) is 0 Å². The van der Waals surface area contributed by atoms with Crippen molar-refractivity contribution in [3.05, 3.63) is 113 Å². The van der Waals surface area contributed by atoms with Gasteiger partial charge in [-0.15, -0.1) is 0 Å². The lowest BCUT2D eigenvalue weighted by molar-refractivity contribution is -0.660. The highest BCUT2D eigenvalue weighted by Crippen LogP contribution is 2.37. The average Bonchev–Trinajstić information content (AvgIpc) is 3.09. The summed E-state index contributed by atoms with van der Waals surface area (Å²) in [6.07, 6.45) is 11.2. The first-order valence-electron chi connectivity index (χ1n) is 10.2. The summed E-state index contributed by atoms with van der Waals surface area (Å²) in [5.74, 6) is 0.904. The van der Waals surface area contributed by atoms with Crippen LogP contribution in [0.1, 0.15) is 28.0 Å². The molecule has 0 aliphatic heterocycles. The second kappa shape index (κ2) is 7.31. The van der Waals surface area contributed by atoms with Gasteiger partial charge in [0.05, 0.1) is 5.56 Å². The van der Waals surface area contributed by atoms with Gasteiger partial charge in [0, 0.05) is 29.5 Å². The summed E-state index contributed by atoms with van der Waals surface area (Å²) in [4.78, 5) is 0. The number of hydrogen-bond acceptors (Lipinski definition) is 1. The van der Waals surface area contributed by atoms with Gasteiger partial charge in [0.2, 0.25) is 5.69 Å². The molecule has 1 aliphatic carbocycles. The minimum absolute atomic E-state index is 0.822. The van der Waals surface area contributed by atoms with E-state index in [-0.39, 0.29) is 0 Å². The van der Waals surface area contributed by atoms with Crippen LogP contribution in [0.3, 0.4) is 0 Å². The number of pyridine rings is 1. The lowest BCUT2D eigenvalue weighted by Gasteiger charge is -2.08. The van der Waals surface area contributed by atoms with Crippen LogP contribution in [-0.2, 0) is 13.5 Å². The Morgan fingerprint density at radius 1 is 0.900 bits per heavy atom. The normalized spacial score (nSPS) is 15.5. The summed E-state index contributed by atoms with van der Waals surface area (Å²) in [7, 11) is 2.08. The van der Waals surface area contributed by atoms with Gasteiger partial charge in [-0.1, -0.05) is 61.2 Å². The summed E-state index contributed by atoms with van der Waals surface area (Å²) >= 11 is 0. The molecule has 0 atom stereocenters. The van der Waals surface area contributed by atoms with Gasteiger partial charge in [-0.05, 0) is 41.3 Å². The summed E-state index contributed by atoms with van der Waals surface area (Å²) in [6, 6.07) is 19.2. The number of nitrogens with zero attached hydrogens (tertiary/aromatic N) is 1. The number of aromatic nitrogens is 1. The number of furan rings is 1. The smallest absolute Gasteiger partial charge is 0.216 e. The number of benzene rings is 2. The summed E-state index contributed by atoms with van der Waals surface area (Å²) in [5, 5.41) is 1.17. The molecule has 0 N–H and O–H groups in total. The molecule has 2 heteroatoms. The van der Waals surface area contributed by atoms with Crippen LogP contribution in [0.4, 0.5) is 0 Å². The minimum atomic E-state index is 0.822. The third-order valence-corrected chi connectivity index (χ3v) is 5.86. The lowest BCUT2D eigenvalue weighted by Crippen LogP contribution is -2.30. The molecule has 2 aromatic heterocycles. The van der Waals surface area contributed by atoms with E-state index >= 15 is 0 Å². The molecule has 0 radical (unpaired) electrons. The number of allylic oxidation sites excluding steroid dienone is 3. The highest BCUT2D eigenvalue weighted by atomic mass is 16.3. The minimum Gasteiger partial charge on any atom is -0.455 e. The van der Waals surface area contributed by atoms with Crippen LogP contribution in [0, 0.1) is 6.92 Å². The Labute approximate surface area is 177 Å². The van der Waals surface area contributed by atoms with E-state index in [9.17, 15) is 0 Å². The van der Waals surface area contributed by atoms with Gasteiger partial charge in [0.25, 0.3) is 0 Å². The first-order chi connectivity index (χ1) is 14.6. The number of hydrogen-bond donors (Lipinski definition) is 0. The Hall–Kier alpha value is -3.65. The zero-order chi connectivity index (χ0) is 20.7. The third kappa shape index (κ3) is 3.11. The van der Waals surface area contributed by atoms with Crippen molar-refractivity contribution in [1.29, 1.82) is 0 Å². The highest BCUT2D eigenvalue weighted by Gasteiger charge is 2.22. The zero-order valence-corrected chi connectivity index (χ0v) is 17.4. The van der Waals surface area contributed by atoms with Gasteiger partial charge in [-0.25, -0.2) is 4.57 Å². The SMILES string of the molecule is C=C1/C=C\c2ccccc2Cc2c(oc3c(-c4cccc[n+]4C)c(C)ccc23)/C=C\1. The predicted molar refractivity (Wildman–Crippen MR) is 124 cm³/mol. The average molecular weight is 391 g/mol. The molecule has 0 amide bonds. The van der Waals surface area contributed by atoms with Crippen LogP contribution in [-0.4, -0.2) is 0 Å². The van der Waals surface area contributed by atoms with Crippen molar-refractivity contribution >= 4 is 23.1 Å². The first-order valence-corrected chi connectivity index (χ1v) is 10.2. The van der Waals surface area contributed by atoms with E-state index < -0.39 is 0 Å². The molecule has 0 fully saturated rings. The van der Waals surface area contributed by atoms with E-state index in [1.165, 1.54) is 27.6 Å². The maximum atomic E-state index is 6.54. The molecule has 0 saturated carbocycles. The molecule has 2 nitrogen and oxygen atoms in total. The summed E-state index contributed by atoms with van der Waals surface area (Å²) in [6.45, 7) is 6.31. The molecule has 4 aromatic rings. The fraction of sp³-hybridized carbons (Fsp3) is 0.107. The molecule has 5 rings (SSSR count). The fourth-order valence-electron chi connectivity index (χ4n) is 4.23. The highest BCUT2D eigenvalue weighted by molar-refractivity contribution is 5.96. The van der Waals surface area contributed by atoms with Gasteiger partial charge in [0.1, 0.15) is 18.4 Å². The van der Waals surface area contributed by atoms with Crippen LogP contribution >= 0.6 is 0 Å². The van der Waals surface area contributed by atoms with Crippen molar-refractivity contribution in [3.63, 3.8) is 0 Å². The Balaban J connectivity index is 1.81. The van der Waals surface area contributed by atoms with Crippen molar-refractivity contribution in [1.82, 2.24) is 0 Å². The van der Waals surface area contributed by atoms with Crippen LogP contribution in [0.2, 0.25) is 0 Å². The maximum Gasteiger partial charge on any atom is 0.216 e. The van der Waals surface area contributed by atoms with Crippen molar-refractivity contribution in [3.8, 4) is 11.3 Å². The van der Waals surface area contributed by atoms with Gasteiger partial charge in [-0.2, -0.15) is 0 Å². The number of rotatable bonds is 1. The number of fused-ring (bicyclic) bond motifs is 4. The van der Waals surface area contributed by atoms with Crippen LogP contribution in [0.25, 0.3) is 34.4 Å². The molecule has 0 saturated heterocycles. The molecule has 0 bridgehead atoms. The molecule has 146 valence electrons. The molecule has 1 aliphatic rings. The number of aryl methyl sites for hydroxylation is 2. The molecule has 30 heavy (non-hydrogen) atoms. The van der Waals surface area contributed by atoms with E-state index in [1.807, 2.05) is 12.1 Å². The van der Waals surface area contributed by atoms with Crippen LogP contribution in [0.15, 0.2) is 89.5 Å². The maximum absolute atomic E-state index is 6.54. The summed E-state index contributed by atoms with van der Waals surface area (Å²) < 4.78 is 8.69. The Morgan fingerprint density at radius 2 is 1.70 bits per heavy atom. The largest absolute Gasteiger partial charge is 0.455 e. The van der Waals surface area contributed by atoms with E-state index in [0.29, 0.717) is 0 Å². The topological polar surface area (TPSA) is 17.0 Å². The molecule has 0 unspecified atom stereocenters. The molecule has 2 heterocycles. The second-order valence-corrected chi connectivity index (χ2v) is 7.89. The third-order valence-electron chi connectivity index (χ3n) is 5.86. The van der Waals surface area contributed by atoms with Gasteiger partial charge in [0.15, 0.2) is 6.20 Å². The monoisotopic (exact) mass is 390 g/mol. The predicted octanol–water partition coefficient (Wildman–Crippen LogP) is 6.42. The molecular formula is C28H24NO+. The van der Waals surface area contributed by atoms with E-state index in [2.05, 4.69) is 98.1 Å². The van der Waals surface area contributed by atoms with E-state index in [0.717, 1.165) is 34.6 Å². The Morgan fingerprint density at radius 3 is 2.57 bits per heavy atom. The molecular weight excluding hydrogens is 366 g/mol. The van der Waals surface area contributed by atoms with E-state index in [4.69, 9.17) is 4.42 Å². The van der Waals surface area contributed by atoms with Crippen molar-refractivity contribution in [2.24, 2.45) is 7.05 Å². The molecule has 2 aromatic carbocycles.